The van der Waals surface area contributed by atoms with Crippen molar-refractivity contribution in [3.05, 3.63) is 11.6 Å². The fourth-order valence-electron chi connectivity index (χ4n) is 6.41. The van der Waals surface area contributed by atoms with Crippen LogP contribution in [-0.2, 0) is 19.0 Å². The van der Waals surface area contributed by atoms with Crippen molar-refractivity contribution in [3.63, 3.8) is 0 Å². The smallest absolute Gasteiger partial charge is 0.336 e. The van der Waals surface area contributed by atoms with Gasteiger partial charge >= 0.3 is 5.97 Å². The summed E-state index contributed by atoms with van der Waals surface area (Å²) in [7, 11) is 1.39. The summed E-state index contributed by atoms with van der Waals surface area (Å²) >= 11 is 0. The van der Waals surface area contributed by atoms with E-state index in [1.165, 1.54) is 7.11 Å². The van der Waals surface area contributed by atoms with Gasteiger partial charge in [-0.25, -0.2) is 4.79 Å². The molecule has 6 nitrogen and oxygen atoms in total. The number of esters is 1. The highest BCUT2D eigenvalue weighted by atomic mass is 16.6. The Morgan fingerprint density at radius 1 is 1.30 bits per heavy atom. The van der Waals surface area contributed by atoms with Crippen molar-refractivity contribution in [1.82, 2.24) is 0 Å². The Morgan fingerprint density at radius 3 is 2.52 bits per heavy atom. The molecule has 2 saturated carbocycles. The first-order valence-corrected chi connectivity index (χ1v) is 10.1. The van der Waals surface area contributed by atoms with Crippen LogP contribution in [0.3, 0.4) is 0 Å². The molecule has 0 aromatic heterocycles. The molecule has 0 amide bonds. The van der Waals surface area contributed by atoms with Gasteiger partial charge in [-0.1, -0.05) is 26.8 Å². The van der Waals surface area contributed by atoms with E-state index in [9.17, 15) is 15.0 Å². The first kappa shape index (κ1) is 19.4. The Balaban J connectivity index is 1.67. The lowest BCUT2D eigenvalue weighted by Gasteiger charge is -2.61. The number of ether oxygens (including phenoxy) is 3. The molecule has 2 N–H and O–H groups in total. The molecular formula is C21H32O6. The van der Waals surface area contributed by atoms with Gasteiger partial charge in [-0.05, 0) is 41.9 Å². The molecule has 0 aromatic rings. The number of carbonyl (C=O) groups excluding carboxylic acids is 1. The molecular weight excluding hydrogens is 348 g/mol. The molecule has 2 saturated heterocycles. The summed E-state index contributed by atoms with van der Waals surface area (Å²) in [5.41, 5.74) is -0.255. The molecule has 0 aromatic carbocycles. The Morgan fingerprint density at radius 2 is 1.96 bits per heavy atom. The molecule has 2 aliphatic carbocycles. The molecule has 7 atom stereocenters. The molecule has 4 rings (SSSR count). The minimum Gasteiger partial charge on any atom is -0.466 e. The second-order valence-electron chi connectivity index (χ2n) is 9.75. The number of fused-ring (bicyclic) bond motifs is 1. The second-order valence-corrected chi connectivity index (χ2v) is 9.75. The Kier molecular flexibility index (Phi) is 4.50. The zero-order valence-electron chi connectivity index (χ0n) is 16.7. The van der Waals surface area contributed by atoms with Crippen LogP contribution in [-0.4, -0.2) is 60.4 Å². The molecule has 2 aliphatic heterocycles. The zero-order chi connectivity index (χ0) is 19.6. The Labute approximate surface area is 160 Å². The van der Waals surface area contributed by atoms with E-state index >= 15 is 0 Å². The molecule has 2 heterocycles. The van der Waals surface area contributed by atoms with Crippen LogP contribution in [0.15, 0.2) is 11.6 Å². The maximum absolute atomic E-state index is 12.1. The van der Waals surface area contributed by atoms with Crippen LogP contribution < -0.4 is 0 Å². The number of hydrogen-bond donors (Lipinski definition) is 2. The summed E-state index contributed by atoms with van der Waals surface area (Å²) in [4.78, 5) is 12.1. The molecule has 0 bridgehead atoms. The van der Waals surface area contributed by atoms with Crippen LogP contribution in [0.2, 0.25) is 0 Å². The first-order chi connectivity index (χ1) is 12.7. The van der Waals surface area contributed by atoms with Crippen LogP contribution in [0.5, 0.6) is 0 Å². The van der Waals surface area contributed by atoms with Crippen molar-refractivity contribution in [2.24, 2.45) is 22.7 Å². The van der Waals surface area contributed by atoms with E-state index in [0.29, 0.717) is 31.6 Å². The summed E-state index contributed by atoms with van der Waals surface area (Å²) in [5.74, 6) is -0.162. The third-order valence-electron chi connectivity index (χ3n) is 7.89. The lowest BCUT2D eigenvalue weighted by Crippen LogP contribution is -2.63. The van der Waals surface area contributed by atoms with Crippen molar-refractivity contribution in [1.29, 1.82) is 0 Å². The van der Waals surface area contributed by atoms with Gasteiger partial charge in [-0.2, -0.15) is 0 Å². The third kappa shape index (κ3) is 2.96. The van der Waals surface area contributed by atoms with Gasteiger partial charge in [0.15, 0.2) is 0 Å². The maximum Gasteiger partial charge on any atom is 0.336 e. The summed E-state index contributed by atoms with van der Waals surface area (Å²) in [6.07, 6.45) is 3.75. The second kappa shape index (κ2) is 6.28. The lowest BCUT2D eigenvalue weighted by atomic mass is 9.44. The number of rotatable bonds is 4. The van der Waals surface area contributed by atoms with E-state index in [4.69, 9.17) is 14.2 Å². The van der Waals surface area contributed by atoms with Gasteiger partial charge in [-0.3, -0.25) is 0 Å². The number of epoxide rings is 2. The van der Waals surface area contributed by atoms with Crippen molar-refractivity contribution < 1.29 is 29.2 Å². The Bertz CT molecular complexity index is 647. The normalized spacial score (nSPS) is 48.1. The highest BCUT2D eigenvalue weighted by Crippen LogP contribution is 2.66. The van der Waals surface area contributed by atoms with Crippen molar-refractivity contribution in [2.45, 2.75) is 70.4 Å². The Hall–Kier alpha value is -0.950. The minimum atomic E-state index is -0.491. The molecule has 4 aliphatic rings. The van der Waals surface area contributed by atoms with Crippen LogP contribution in [0.4, 0.5) is 0 Å². The third-order valence-corrected chi connectivity index (χ3v) is 7.89. The van der Waals surface area contributed by atoms with E-state index in [1.54, 1.807) is 0 Å². The highest BCUT2D eigenvalue weighted by Gasteiger charge is 2.68. The topological polar surface area (TPSA) is 91.8 Å². The largest absolute Gasteiger partial charge is 0.466 e. The summed E-state index contributed by atoms with van der Waals surface area (Å²) < 4.78 is 16.2. The average molecular weight is 380 g/mol. The molecule has 0 radical (unpaired) electrons. The summed E-state index contributed by atoms with van der Waals surface area (Å²) in [5, 5.41) is 21.6. The van der Waals surface area contributed by atoms with E-state index in [2.05, 4.69) is 20.8 Å². The molecule has 27 heavy (non-hydrogen) atoms. The van der Waals surface area contributed by atoms with Crippen molar-refractivity contribution in [3.8, 4) is 0 Å². The quantitative estimate of drug-likeness (QED) is 0.439. The standard InChI is InChI=1S/C21H32O6/c1-19(2)16(23)7-8-20(3)15(21(11-27-21)9-13(22)17(19)20)6-5-12(14-10-26-14)18(24)25-4/h5,13-17,22-23H,6-11H2,1-4H3/b12-5+/t13-,14+,15+,16+,17+,20+,21-/m1/s1. The van der Waals surface area contributed by atoms with Gasteiger partial charge in [0.2, 0.25) is 0 Å². The number of aliphatic hydroxyl groups excluding tert-OH is 2. The van der Waals surface area contributed by atoms with E-state index in [1.807, 2.05) is 6.08 Å². The van der Waals surface area contributed by atoms with E-state index < -0.39 is 12.2 Å². The number of methoxy groups -OCH3 is 1. The van der Waals surface area contributed by atoms with Crippen LogP contribution >= 0.6 is 0 Å². The van der Waals surface area contributed by atoms with Crippen LogP contribution in [0.1, 0.15) is 46.5 Å². The molecule has 152 valence electrons. The SMILES string of the molecule is COC(=O)/C(=C/C[C@@H]1[C@]2(CO2)C[C@@H](O)[C@H]2C(C)(C)[C@@H](O)CC[C@@]12C)[C@@H]1CO1. The number of hydrogen-bond acceptors (Lipinski definition) is 6. The molecule has 6 heteroatoms. The summed E-state index contributed by atoms with van der Waals surface area (Å²) in [6, 6.07) is 0. The molecule has 1 spiro atoms. The van der Waals surface area contributed by atoms with Gasteiger partial charge in [0.25, 0.3) is 0 Å². The van der Waals surface area contributed by atoms with Crippen LogP contribution in [0.25, 0.3) is 0 Å². The van der Waals surface area contributed by atoms with Gasteiger partial charge in [-0.15, -0.1) is 0 Å². The van der Waals surface area contributed by atoms with Crippen molar-refractivity contribution in [2.75, 3.05) is 20.3 Å². The first-order valence-electron chi connectivity index (χ1n) is 10.1. The van der Waals surface area contributed by atoms with Gasteiger partial charge in [0, 0.05) is 6.42 Å². The van der Waals surface area contributed by atoms with Gasteiger partial charge in [0.1, 0.15) is 6.10 Å². The molecule has 0 unspecified atom stereocenters. The predicted octanol–water partition coefficient (Wildman–Crippen LogP) is 1.83. The minimum absolute atomic E-state index is 0.0132. The fraction of sp³-hybridized carbons (Fsp3) is 0.857. The van der Waals surface area contributed by atoms with Gasteiger partial charge in [0.05, 0.1) is 43.7 Å². The summed E-state index contributed by atoms with van der Waals surface area (Å²) in [6.45, 7) is 7.59. The van der Waals surface area contributed by atoms with E-state index in [-0.39, 0.29) is 40.3 Å². The highest BCUT2D eigenvalue weighted by molar-refractivity contribution is 5.90. The van der Waals surface area contributed by atoms with Gasteiger partial charge < -0.3 is 24.4 Å². The molecule has 4 fully saturated rings. The fourth-order valence-corrected chi connectivity index (χ4v) is 6.41. The maximum atomic E-state index is 12.1. The van der Waals surface area contributed by atoms with Crippen molar-refractivity contribution >= 4 is 5.97 Å². The zero-order valence-corrected chi connectivity index (χ0v) is 16.7. The number of carbonyl (C=O) groups is 1. The number of allylic oxidation sites excluding steroid dienone is 1. The monoisotopic (exact) mass is 380 g/mol. The lowest BCUT2D eigenvalue weighted by molar-refractivity contribution is -0.198. The predicted molar refractivity (Wildman–Crippen MR) is 97.9 cm³/mol. The van der Waals surface area contributed by atoms with E-state index in [0.717, 1.165) is 12.8 Å². The average Bonchev–Trinajstić information content (AvgIpc) is 3.50. The van der Waals surface area contributed by atoms with Crippen LogP contribution in [0, 0.1) is 22.7 Å². The number of aliphatic hydroxyl groups is 2.